The number of rotatable bonds is 1. The van der Waals surface area contributed by atoms with Gasteiger partial charge >= 0.3 is 0 Å². The van der Waals surface area contributed by atoms with Crippen LogP contribution in [0.3, 0.4) is 0 Å². The van der Waals surface area contributed by atoms with Crippen molar-refractivity contribution < 1.29 is 5.11 Å². The van der Waals surface area contributed by atoms with Gasteiger partial charge in [-0.1, -0.05) is 12.5 Å². The van der Waals surface area contributed by atoms with Gasteiger partial charge in [-0.3, -0.25) is 4.90 Å². The molecule has 3 heterocycles. The standard InChI is InChI=1S/C12H17NOS/c14-12(11-5-3-9-15-11)6-8-13-7-2-1-4-10(12)13/h3,5,9-10,14H,1-2,4,6-8H2. The number of piperidine rings is 1. The molecule has 0 aromatic carbocycles. The van der Waals surface area contributed by atoms with Gasteiger partial charge in [-0.15, -0.1) is 11.3 Å². The second-order valence-corrected chi connectivity index (χ2v) is 5.65. The van der Waals surface area contributed by atoms with E-state index in [1.54, 1.807) is 11.3 Å². The Morgan fingerprint density at radius 1 is 1.40 bits per heavy atom. The molecular formula is C12H17NOS. The van der Waals surface area contributed by atoms with E-state index >= 15 is 0 Å². The van der Waals surface area contributed by atoms with Crippen molar-refractivity contribution in [3.05, 3.63) is 22.4 Å². The summed E-state index contributed by atoms with van der Waals surface area (Å²) in [5.41, 5.74) is -0.547. The average molecular weight is 223 g/mol. The molecule has 0 aliphatic carbocycles. The van der Waals surface area contributed by atoms with E-state index in [4.69, 9.17) is 0 Å². The number of nitrogens with zero attached hydrogens (tertiary/aromatic N) is 1. The third kappa shape index (κ3) is 1.45. The Kier molecular flexibility index (Phi) is 2.34. The molecule has 3 rings (SSSR count). The van der Waals surface area contributed by atoms with Crippen LogP contribution in [0.15, 0.2) is 17.5 Å². The number of hydrogen-bond donors (Lipinski definition) is 1. The van der Waals surface area contributed by atoms with Crippen molar-refractivity contribution in [2.24, 2.45) is 0 Å². The minimum Gasteiger partial charge on any atom is -0.383 e. The molecule has 2 aliphatic heterocycles. The minimum atomic E-state index is -0.547. The molecule has 3 heteroatoms. The molecule has 0 radical (unpaired) electrons. The molecule has 2 nitrogen and oxygen atoms in total. The van der Waals surface area contributed by atoms with Crippen molar-refractivity contribution in [2.45, 2.75) is 37.3 Å². The number of fused-ring (bicyclic) bond motifs is 1. The van der Waals surface area contributed by atoms with Crippen LogP contribution in [0.4, 0.5) is 0 Å². The molecule has 0 amide bonds. The van der Waals surface area contributed by atoms with Gasteiger partial charge in [0.1, 0.15) is 5.60 Å². The maximum Gasteiger partial charge on any atom is 0.115 e. The van der Waals surface area contributed by atoms with Gasteiger partial charge in [-0.05, 0) is 37.3 Å². The van der Waals surface area contributed by atoms with E-state index in [2.05, 4.69) is 16.3 Å². The van der Waals surface area contributed by atoms with Crippen LogP contribution < -0.4 is 0 Å². The molecule has 1 aromatic rings. The van der Waals surface area contributed by atoms with Gasteiger partial charge in [0, 0.05) is 17.5 Å². The van der Waals surface area contributed by atoms with Crippen LogP contribution >= 0.6 is 11.3 Å². The highest BCUT2D eigenvalue weighted by molar-refractivity contribution is 7.10. The lowest BCUT2D eigenvalue weighted by molar-refractivity contribution is -0.0108. The fourth-order valence-electron chi connectivity index (χ4n) is 3.09. The summed E-state index contributed by atoms with van der Waals surface area (Å²) >= 11 is 1.70. The van der Waals surface area contributed by atoms with Crippen LogP contribution in [-0.4, -0.2) is 29.1 Å². The van der Waals surface area contributed by atoms with Crippen LogP contribution in [0.5, 0.6) is 0 Å². The summed E-state index contributed by atoms with van der Waals surface area (Å²) in [6.45, 7) is 2.25. The summed E-state index contributed by atoms with van der Waals surface area (Å²) in [7, 11) is 0. The van der Waals surface area contributed by atoms with Gasteiger partial charge in [-0.2, -0.15) is 0 Å². The summed E-state index contributed by atoms with van der Waals surface area (Å²) in [5, 5.41) is 12.9. The molecule has 1 aromatic heterocycles. The average Bonchev–Trinajstić information content (AvgIpc) is 2.88. The summed E-state index contributed by atoms with van der Waals surface area (Å²) in [4.78, 5) is 3.64. The normalized spacial score (nSPS) is 36.7. The van der Waals surface area contributed by atoms with Crippen molar-refractivity contribution in [2.75, 3.05) is 13.1 Å². The predicted octanol–water partition coefficient (Wildman–Crippen LogP) is 2.19. The fraction of sp³-hybridized carbons (Fsp3) is 0.667. The van der Waals surface area contributed by atoms with Crippen molar-refractivity contribution in [1.29, 1.82) is 0 Å². The van der Waals surface area contributed by atoms with Gasteiger partial charge in [0.15, 0.2) is 0 Å². The summed E-state index contributed by atoms with van der Waals surface area (Å²) in [5.74, 6) is 0. The predicted molar refractivity (Wildman–Crippen MR) is 62.0 cm³/mol. The summed E-state index contributed by atoms with van der Waals surface area (Å²) in [6.07, 6.45) is 4.65. The van der Waals surface area contributed by atoms with Gasteiger partial charge in [-0.25, -0.2) is 0 Å². The molecule has 82 valence electrons. The van der Waals surface area contributed by atoms with Crippen LogP contribution in [0.2, 0.25) is 0 Å². The molecular weight excluding hydrogens is 206 g/mol. The Morgan fingerprint density at radius 3 is 3.13 bits per heavy atom. The molecule has 1 N–H and O–H groups in total. The first-order chi connectivity index (χ1) is 7.31. The van der Waals surface area contributed by atoms with E-state index in [9.17, 15) is 5.11 Å². The van der Waals surface area contributed by atoms with E-state index in [0.29, 0.717) is 6.04 Å². The smallest absolute Gasteiger partial charge is 0.115 e. The highest BCUT2D eigenvalue weighted by Crippen LogP contribution is 2.43. The lowest BCUT2D eigenvalue weighted by Crippen LogP contribution is -2.44. The highest BCUT2D eigenvalue weighted by Gasteiger charge is 2.48. The molecule has 0 bridgehead atoms. The second-order valence-electron chi connectivity index (χ2n) is 4.70. The second kappa shape index (κ2) is 3.58. The summed E-state index contributed by atoms with van der Waals surface area (Å²) < 4.78 is 0. The van der Waals surface area contributed by atoms with Crippen molar-refractivity contribution in [3.8, 4) is 0 Å². The molecule has 2 aliphatic rings. The molecule has 2 fully saturated rings. The van der Waals surface area contributed by atoms with Gasteiger partial charge in [0.2, 0.25) is 0 Å². The maximum atomic E-state index is 10.8. The van der Waals surface area contributed by atoms with Crippen LogP contribution in [-0.2, 0) is 5.60 Å². The molecule has 2 unspecified atom stereocenters. The van der Waals surface area contributed by atoms with E-state index in [-0.39, 0.29) is 0 Å². The monoisotopic (exact) mass is 223 g/mol. The molecule has 0 spiro atoms. The first-order valence-corrected chi connectivity index (χ1v) is 6.69. The Hall–Kier alpha value is -0.380. The van der Waals surface area contributed by atoms with Crippen LogP contribution in [0, 0.1) is 0 Å². The van der Waals surface area contributed by atoms with E-state index < -0.39 is 5.60 Å². The van der Waals surface area contributed by atoms with Crippen molar-refractivity contribution in [3.63, 3.8) is 0 Å². The minimum absolute atomic E-state index is 0.380. The lowest BCUT2D eigenvalue weighted by Gasteiger charge is -2.36. The molecule has 2 atom stereocenters. The zero-order valence-corrected chi connectivity index (χ0v) is 9.67. The first-order valence-electron chi connectivity index (χ1n) is 5.81. The Balaban J connectivity index is 1.92. The Bertz CT molecular complexity index is 337. The Labute approximate surface area is 94.5 Å². The third-order valence-corrected chi connectivity index (χ3v) is 4.93. The lowest BCUT2D eigenvalue weighted by atomic mass is 9.87. The molecule has 0 saturated carbocycles. The third-order valence-electron chi connectivity index (χ3n) is 3.89. The largest absolute Gasteiger partial charge is 0.383 e. The Morgan fingerprint density at radius 2 is 2.33 bits per heavy atom. The van der Waals surface area contributed by atoms with Gasteiger partial charge in [0.05, 0.1) is 0 Å². The maximum absolute atomic E-state index is 10.8. The first kappa shape index (κ1) is 9.82. The molecule has 2 saturated heterocycles. The summed E-state index contributed by atoms with van der Waals surface area (Å²) in [6, 6.07) is 4.51. The number of hydrogen-bond acceptors (Lipinski definition) is 3. The van der Waals surface area contributed by atoms with Gasteiger partial charge < -0.3 is 5.11 Å². The zero-order chi connectivity index (χ0) is 10.3. The van der Waals surface area contributed by atoms with E-state index in [1.165, 1.54) is 19.4 Å². The molecule has 15 heavy (non-hydrogen) atoms. The number of thiophene rings is 1. The number of aliphatic hydroxyl groups is 1. The van der Waals surface area contributed by atoms with Crippen LogP contribution in [0.25, 0.3) is 0 Å². The van der Waals surface area contributed by atoms with E-state index in [1.807, 2.05) is 6.07 Å². The van der Waals surface area contributed by atoms with Crippen molar-refractivity contribution >= 4 is 11.3 Å². The SMILES string of the molecule is OC1(c2cccs2)CCN2CCCCC21. The zero-order valence-electron chi connectivity index (χ0n) is 8.85. The van der Waals surface area contributed by atoms with Gasteiger partial charge in [0.25, 0.3) is 0 Å². The quantitative estimate of drug-likeness (QED) is 0.789. The highest BCUT2D eigenvalue weighted by atomic mass is 32.1. The van der Waals surface area contributed by atoms with Crippen LogP contribution in [0.1, 0.15) is 30.6 Å². The topological polar surface area (TPSA) is 23.5 Å². The fourth-order valence-corrected chi connectivity index (χ4v) is 4.00. The van der Waals surface area contributed by atoms with E-state index in [0.717, 1.165) is 24.3 Å². The van der Waals surface area contributed by atoms with Crippen molar-refractivity contribution in [1.82, 2.24) is 4.90 Å².